The van der Waals surface area contributed by atoms with Crippen molar-refractivity contribution in [3.63, 3.8) is 0 Å². The molecule has 0 aliphatic carbocycles. The lowest BCUT2D eigenvalue weighted by Crippen LogP contribution is -2.41. The van der Waals surface area contributed by atoms with E-state index < -0.39 is 0 Å². The normalized spacial score (nSPS) is 13.6. The molecule has 1 atom stereocenters. The Morgan fingerprint density at radius 1 is 1.23 bits per heavy atom. The highest BCUT2D eigenvalue weighted by Crippen LogP contribution is 2.04. The first-order chi connectivity index (χ1) is 6.29. The number of nitrogens with zero attached hydrogens (tertiary/aromatic N) is 1. The maximum absolute atomic E-state index is 3.27. The number of unbranched alkanes of at least 4 members (excludes halogenated alkanes) is 1. The van der Waals surface area contributed by atoms with Gasteiger partial charge in [-0.3, -0.25) is 4.90 Å². The molecule has 0 radical (unpaired) electrons. The fourth-order valence-corrected chi connectivity index (χ4v) is 1.73. The summed E-state index contributed by atoms with van der Waals surface area (Å²) in [6.07, 6.45) is 3.87. The Kier molecular flexibility index (Phi) is 8.46. The Morgan fingerprint density at radius 2 is 1.92 bits per heavy atom. The van der Waals surface area contributed by atoms with Crippen LogP contribution >= 0.6 is 0 Å². The maximum Gasteiger partial charge on any atom is 0.0217 e. The van der Waals surface area contributed by atoms with Crippen LogP contribution in [0.2, 0.25) is 0 Å². The molecule has 0 heterocycles. The molecule has 0 aromatic heterocycles. The van der Waals surface area contributed by atoms with Gasteiger partial charge in [0.05, 0.1) is 0 Å². The third-order valence-electron chi connectivity index (χ3n) is 2.63. The van der Waals surface area contributed by atoms with Gasteiger partial charge in [0.1, 0.15) is 0 Å². The molecule has 80 valence electrons. The van der Waals surface area contributed by atoms with Crippen LogP contribution in [-0.4, -0.2) is 37.6 Å². The summed E-state index contributed by atoms with van der Waals surface area (Å²) in [5.74, 6) is 0. The highest BCUT2D eigenvalue weighted by Gasteiger charge is 2.12. The lowest BCUT2D eigenvalue weighted by molar-refractivity contribution is 0.195. The number of hydrogen-bond acceptors (Lipinski definition) is 2. The third-order valence-corrected chi connectivity index (χ3v) is 2.63. The predicted octanol–water partition coefficient (Wildman–Crippen LogP) is 2.11. The average molecular weight is 186 g/mol. The van der Waals surface area contributed by atoms with E-state index in [2.05, 4.69) is 31.0 Å². The minimum Gasteiger partial charge on any atom is -0.318 e. The molecule has 0 spiro atoms. The van der Waals surface area contributed by atoms with E-state index in [1.165, 1.54) is 32.4 Å². The summed E-state index contributed by atoms with van der Waals surface area (Å²) in [6.45, 7) is 10.3. The fraction of sp³-hybridized carbons (Fsp3) is 1.00. The molecular formula is C11H26N2. The van der Waals surface area contributed by atoms with Crippen molar-refractivity contribution in [2.75, 3.05) is 26.7 Å². The van der Waals surface area contributed by atoms with Gasteiger partial charge >= 0.3 is 0 Å². The first kappa shape index (κ1) is 12.9. The van der Waals surface area contributed by atoms with Crippen molar-refractivity contribution in [3.05, 3.63) is 0 Å². The van der Waals surface area contributed by atoms with E-state index in [1.54, 1.807) is 0 Å². The minimum absolute atomic E-state index is 0.724. The largest absolute Gasteiger partial charge is 0.318 e. The maximum atomic E-state index is 3.27. The van der Waals surface area contributed by atoms with Crippen LogP contribution in [0.4, 0.5) is 0 Å². The molecule has 1 unspecified atom stereocenters. The first-order valence-electron chi connectivity index (χ1n) is 5.68. The standard InChI is InChI=1S/C11H26N2/c1-5-8-9-13(7-3)11(6-2)10-12-4/h11-12H,5-10H2,1-4H3. The van der Waals surface area contributed by atoms with Gasteiger partial charge in [0.25, 0.3) is 0 Å². The Balaban J connectivity index is 3.84. The molecule has 0 aromatic carbocycles. The van der Waals surface area contributed by atoms with Crippen LogP contribution in [0, 0.1) is 0 Å². The van der Waals surface area contributed by atoms with Crippen molar-refractivity contribution < 1.29 is 0 Å². The number of likely N-dealkylation sites (N-methyl/N-ethyl adjacent to an activating group) is 2. The van der Waals surface area contributed by atoms with E-state index in [-0.39, 0.29) is 0 Å². The second-order valence-electron chi connectivity index (χ2n) is 3.60. The second-order valence-corrected chi connectivity index (χ2v) is 3.60. The van der Waals surface area contributed by atoms with Crippen molar-refractivity contribution in [2.45, 2.75) is 46.1 Å². The zero-order chi connectivity index (χ0) is 10.1. The summed E-state index contributed by atoms with van der Waals surface area (Å²) in [5, 5.41) is 3.27. The third kappa shape index (κ3) is 5.27. The number of hydrogen-bond donors (Lipinski definition) is 1. The van der Waals surface area contributed by atoms with Crippen molar-refractivity contribution in [3.8, 4) is 0 Å². The van der Waals surface area contributed by atoms with Crippen LogP contribution in [0.5, 0.6) is 0 Å². The van der Waals surface area contributed by atoms with Gasteiger partial charge in [-0.2, -0.15) is 0 Å². The van der Waals surface area contributed by atoms with Crippen molar-refractivity contribution in [2.24, 2.45) is 0 Å². The van der Waals surface area contributed by atoms with Gasteiger partial charge < -0.3 is 5.32 Å². The summed E-state index contributed by atoms with van der Waals surface area (Å²) in [4.78, 5) is 2.58. The van der Waals surface area contributed by atoms with Crippen LogP contribution in [0.25, 0.3) is 0 Å². The fourth-order valence-electron chi connectivity index (χ4n) is 1.73. The van der Waals surface area contributed by atoms with Gasteiger partial charge in [-0.1, -0.05) is 27.2 Å². The summed E-state index contributed by atoms with van der Waals surface area (Å²) in [5.41, 5.74) is 0. The van der Waals surface area contributed by atoms with E-state index in [0.29, 0.717) is 0 Å². The Hall–Kier alpha value is -0.0800. The molecule has 0 bridgehead atoms. The molecule has 0 saturated carbocycles. The predicted molar refractivity (Wildman–Crippen MR) is 60.2 cm³/mol. The minimum atomic E-state index is 0.724. The van der Waals surface area contributed by atoms with Crippen molar-refractivity contribution in [1.82, 2.24) is 10.2 Å². The summed E-state index contributed by atoms with van der Waals surface area (Å²) in [6, 6.07) is 0.724. The molecule has 2 heteroatoms. The smallest absolute Gasteiger partial charge is 0.0217 e. The topological polar surface area (TPSA) is 15.3 Å². The van der Waals surface area contributed by atoms with E-state index in [4.69, 9.17) is 0 Å². The quantitative estimate of drug-likeness (QED) is 0.624. The number of nitrogens with one attached hydrogen (secondary N) is 1. The van der Waals surface area contributed by atoms with Crippen LogP contribution in [-0.2, 0) is 0 Å². The van der Waals surface area contributed by atoms with Gasteiger partial charge in [-0.15, -0.1) is 0 Å². The van der Waals surface area contributed by atoms with Crippen LogP contribution in [0.3, 0.4) is 0 Å². The van der Waals surface area contributed by atoms with Gasteiger partial charge in [-0.05, 0) is 33.0 Å². The van der Waals surface area contributed by atoms with Gasteiger partial charge in [-0.25, -0.2) is 0 Å². The molecule has 0 aromatic rings. The SMILES string of the molecule is CCCCN(CC)C(CC)CNC. The van der Waals surface area contributed by atoms with E-state index in [9.17, 15) is 0 Å². The molecule has 1 N–H and O–H groups in total. The molecule has 2 nitrogen and oxygen atoms in total. The average Bonchev–Trinajstić information content (AvgIpc) is 2.17. The lowest BCUT2D eigenvalue weighted by atomic mass is 10.1. The molecule has 0 aliphatic rings. The Bertz CT molecular complexity index is 104. The lowest BCUT2D eigenvalue weighted by Gasteiger charge is -2.29. The van der Waals surface area contributed by atoms with Crippen molar-refractivity contribution in [1.29, 1.82) is 0 Å². The van der Waals surface area contributed by atoms with Crippen molar-refractivity contribution >= 4 is 0 Å². The van der Waals surface area contributed by atoms with Crippen LogP contribution in [0.15, 0.2) is 0 Å². The van der Waals surface area contributed by atoms with E-state index >= 15 is 0 Å². The highest BCUT2D eigenvalue weighted by molar-refractivity contribution is 4.70. The van der Waals surface area contributed by atoms with Crippen LogP contribution in [0.1, 0.15) is 40.0 Å². The van der Waals surface area contributed by atoms with E-state index in [1.807, 2.05) is 7.05 Å². The highest BCUT2D eigenvalue weighted by atomic mass is 15.2. The summed E-state index contributed by atoms with van der Waals surface area (Å²) in [7, 11) is 2.04. The van der Waals surface area contributed by atoms with Gasteiger partial charge in [0.2, 0.25) is 0 Å². The second kappa shape index (κ2) is 8.52. The molecule has 0 fully saturated rings. The molecule has 0 amide bonds. The zero-order valence-electron chi connectivity index (χ0n) is 9.77. The summed E-state index contributed by atoms with van der Waals surface area (Å²) >= 11 is 0. The molecule has 0 saturated heterocycles. The van der Waals surface area contributed by atoms with Gasteiger partial charge in [0.15, 0.2) is 0 Å². The monoisotopic (exact) mass is 186 g/mol. The molecular weight excluding hydrogens is 160 g/mol. The molecule has 13 heavy (non-hydrogen) atoms. The van der Waals surface area contributed by atoms with E-state index in [0.717, 1.165) is 12.6 Å². The zero-order valence-corrected chi connectivity index (χ0v) is 9.77. The first-order valence-corrected chi connectivity index (χ1v) is 5.68. The molecule has 0 rings (SSSR count). The summed E-state index contributed by atoms with van der Waals surface area (Å²) < 4.78 is 0. The Morgan fingerprint density at radius 3 is 2.31 bits per heavy atom. The number of rotatable bonds is 8. The van der Waals surface area contributed by atoms with Crippen LogP contribution < -0.4 is 5.32 Å². The molecule has 0 aliphatic heterocycles. The Labute approximate surface area is 83.7 Å². The van der Waals surface area contributed by atoms with Gasteiger partial charge in [0, 0.05) is 12.6 Å².